The van der Waals surface area contributed by atoms with Crippen molar-refractivity contribution in [1.29, 1.82) is 0 Å². The monoisotopic (exact) mass is 537 g/mol. The molecule has 3 aromatic heterocycles. The zero-order valence-corrected chi connectivity index (χ0v) is 22.5. The molecule has 0 bridgehead atoms. The predicted molar refractivity (Wildman–Crippen MR) is 172 cm³/mol. The summed E-state index contributed by atoms with van der Waals surface area (Å²) in [6.07, 6.45) is 0. The van der Waals surface area contributed by atoms with Crippen LogP contribution in [0.25, 0.3) is 83.0 Å². The lowest BCUT2D eigenvalue weighted by Crippen LogP contribution is -1.98. The molecule has 9 rings (SSSR count). The number of furan rings is 1. The number of benzene rings is 6. The van der Waals surface area contributed by atoms with E-state index in [2.05, 4.69) is 108 Å². The Morgan fingerprint density at radius 1 is 0.500 bits per heavy atom. The fourth-order valence-electron chi connectivity index (χ4n) is 6.30. The van der Waals surface area contributed by atoms with Gasteiger partial charge in [-0.3, -0.25) is 0 Å². The Morgan fingerprint density at radius 2 is 1.21 bits per heavy atom. The summed E-state index contributed by atoms with van der Waals surface area (Å²) in [5.41, 5.74) is 8.99. The van der Waals surface area contributed by atoms with Crippen molar-refractivity contribution in [3.05, 3.63) is 140 Å². The highest BCUT2D eigenvalue weighted by Crippen LogP contribution is 2.41. The van der Waals surface area contributed by atoms with Crippen LogP contribution in [0.15, 0.2) is 144 Å². The Balaban J connectivity index is 1.35. The van der Waals surface area contributed by atoms with Crippen molar-refractivity contribution in [1.82, 2.24) is 14.5 Å². The van der Waals surface area contributed by atoms with Gasteiger partial charge in [0.1, 0.15) is 11.2 Å². The quantitative estimate of drug-likeness (QED) is 0.225. The first kappa shape index (κ1) is 23.0. The molecule has 4 nitrogen and oxygen atoms in total. The highest BCUT2D eigenvalue weighted by Gasteiger charge is 2.19. The Morgan fingerprint density at radius 3 is 2.05 bits per heavy atom. The molecule has 0 spiro atoms. The molecule has 0 aliphatic carbocycles. The third kappa shape index (κ3) is 3.36. The second-order valence-electron chi connectivity index (χ2n) is 10.6. The smallest absolute Gasteiger partial charge is 0.160 e. The van der Waals surface area contributed by atoms with Gasteiger partial charge in [0, 0.05) is 38.4 Å². The first-order chi connectivity index (χ1) is 20.8. The molecule has 0 unspecified atom stereocenters. The topological polar surface area (TPSA) is 43.9 Å². The minimum Gasteiger partial charge on any atom is -0.455 e. The molecule has 0 atom stereocenters. The van der Waals surface area contributed by atoms with E-state index in [4.69, 9.17) is 14.4 Å². The molecule has 0 radical (unpaired) electrons. The van der Waals surface area contributed by atoms with Gasteiger partial charge in [-0.05, 0) is 42.5 Å². The molecule has 196 valence electrons. The van der Waals surface area contributed by atoms with Gasteiger partial charge in [-0.1, -0.05) is 97.1 Å². The summed E-state index contributed by atoms with van der Waals surface area (Å²) in [5.74, 6) is 0.721. The van der Waals surface area contributed by atoms with Crippen molar-refractivity contribution >= 4 is 54.6 Å². The van der Waals surface area contributed by atoms with Crippen molar-refractivity contribution in [2.75, 3.05) is 0 Å². The van der Waals surface area contributed by atoms with Crippen LogP contribution in [0.4, 0.5) is 0 Å². The Hall–Kier alpha value is -5.74. The van der Waals surface area contributed by atoms with E-state index in [1.807, 2.05) is 36.4 Å². The number of nitrogens with zero attached hydrogens (tertiary/aromatic N) is 3. The fraction of sp³-hybridized carbons (Fsp3) is 0. The zero-order valence-electron chi connectivity index (χ0n) is 22.5. The van der Waals surface area contributed by atoms with Crippen LogP contribution in [0.1, 0.15) is 0 Å². The molecule has 4 heteroatoms. The first-order valence-corrected chi connectivity index (χ1v) is 14.1. The zero-order chi connectivity index (χ0) is 27.6. The van der Waals surface area contributed by atoms with Crippen LogP contribution in [0.5, 0.6) is 0 Å². The van der Waals surface area contributed by atoms with Crippen molar-refractivity contribution in [3.63, 3.8) is 0 Å². The lowest BCUT2D eigenvalue weighted by Gasteiger charge is -2.13. The first-order valence-electron chi connectivity index (χ1n) is 14.1. The van der Waals surface area contributed by atoms with E-state index < -0.39 is 0 Å². The van der Waals surface area contributed by atoms with Crippen molar-refractivity contribution in [3.8, 4) is 28.3 Å². The largest absolute Gasteiger partial charge is 0.455 e. The fourth-order valence-corrected chi connectivity index (χ4v) is 6.30. The Bertz CT molecular complexity index is 2460. The van der Waals surface area contributed by atoms with Crippen LogP contribution < -0.4 is 0 Å². The van der Waals surface area contributed by atoms with Crippen molar-refractivity contribution < 1.29 is 4.42 Å². The maximum atomic E-state index is 6.49. The molecule has 42 heavy (non-hydrogen) atoms. The van der Waals surface area contributed by atoms with E-state index >= 15 is 0 Å². The van der Waals surface area contributed by atoms with Gasteiger partial charge >= 0.3 is 0 Å². The van der Waals surface area contributed by atoms with Crippen molar-refractivity contribution in [2.45, 2.75) is 0 Å². The predicted octanol–water partition coefficient (Wildman–Crippen LogP) is 9.96. The molecule has 0 amide bonds. The molecular weight excluding hydrogens is 514 g/mol. The van der Waals surface area contributed by atoms with E-state index in [-0.39, 0.29) is 0 Å². The number of para-hydroxylation sites is 2. The molecule has 6 aromatic carbocycles. The third-order valence-electron chi connectivity index (χ3n) is 8.20. The van der Waals surface area contributed by atoms with Gasteiger partial charge in [-0.2, -0.15) is 0 Å². The van der Waals surface area contributed by atoms with E-state index in [9.17, 15) is 0 Å². The Labute approximate surface area is 241 Å². The van der Waals surface area contributed by atoms with Crippen LogP contribution in [0.3, 0.4) is 0 Å². The second kappa shape index (κ2) is 8.88. The van der Waals surface area contributed by atoms with Gasteiger partial charge in [0.15, 0.2) is 5.82 Å². The summed E-state index contributed by atoms with van der Waals surface area (Å²) >= 11 is 0. The van der Waals surface area contributed by atoms with Crippen LogP contribution in [0, 0.1) is 0 Å². The van der Waals surface area contributed by atoms with Gasteiger partial charge < -0.3 is 8.98 Å². The van der Waals surface area contributed by atoms with Gasteiger partial charge in [-0.25, -0.2) is 9.97 Å². The summed E-state index contributed by atoms with van der Waals surface area (Å²) < 4.78 is 8.82. The van der Waals surface area contributed by atoms with Crippen LogP contribution in [-0.4, -0.2) is 14.5 Å². The molecule has 0 N–H and O–H groups in total. The van der Waals surface area contributed by atoms with E-state index in [1.165, 1.54) is 0 Å². The number of hydrogen-bond donors (Lipinski definition) is 0. The average Bonchev–Trinajstić information content (AvgIpc) is 3.61. The number of rotatable bonds is 3. The third-order valence-corrected chi connectivity index (χ3v) is 8.20. The maximum Gasteiger partial charge on any atom is 0.160 e. The summed E-state index contributed by atoms with van der Waals surface area (Å²) in [5, 5.41) is 5.56. The minimum absolute atomic E-state index is 0.721. The van der Waals surface area contributed by atoms with Gasteiger partial charge in [0.25, 0.3) is 0 Å². The Kier molecular flexibility index (Phi) is 4.87. The molecule has 3 heterocycles. The van der Waals surface area contributed by atoms with E-state index in [0.29, 0.717) is 0 Å². The number of aromatic nitrogens is 3. The lowest BCUT2D eigenvalue weighted by atomic mass is 10.0. The standard InChI is InChI=1S/C38H23N3O/c1-3-11-24(12-4-1)36-30-23-26(19-21-31(30)39-38(40-36)25-13-5-2-6-14-25)41-32-17-9-7-16-29(32)35-33(41)22-20-28-27-15-8-10-18-34(27)42-37(28)35/h1-23H. The average molecular weight is 538 g/mol. The summed E-state index contributed by atoms with van der Waals surface area (Å²) in [7, 11) is 0. The molecule has 0 aliphatic rings. The molecule has 9 aromatic rings. The van der Waals surface area contributed by atoms with Crippen LogP contribution in [0.2, 0.25) is 0 Å². The minimum atomic E-state index is 0.721. The van der Waals surface area contributed by atoms with Gasteiger partial charge in [0.2, 0.25) is 0 Å². The number of hydrogen-bond acceptors (Lipinski definition) is 3. The van der Waals surface area contributed by atoms with Crippen LogP contribution >= 0.6 is 0 Å². The SMILES string of the molecule is c1ccc(-c2nc(-c3ccccc3)c3cc(-n4c5ccccc5c5c6oc7ccccc7c6ccc54)ccc3n2)cc1. The highest BCUT2D eigenvalue weighted by molar-refractivity contribution is 6.23. The number of fused-ring (bicyclic) bond motifs is 8. The summed E-state index contributed by atoms with van der Waals surface area (Å²) in [6.45, 7) is 0. The van der Waals surface area contributed by atoms with Crippen LogP contribution in [-0.2, 0) is 0 Å². The van der Waals surface area contributed by atoms with E-state index in [1.54, 1.807) is 0 Å². The normalized spacial score (nSPS) is 11.8. The van der Waals surface area contributed by atoms with Gasteiger partial charge in [0.05, 0.1) is 27.6 Å². The van der Waals surface area contributed by atoms with E-state index in [0.717, 1.165) is 83.0 Å². The summed E-state index contributed by atoms with van der Waals surface area (Å²) in [4.78, 5) is 10.1. The second-order valence-corrected chi connectivity index (χ2v) is 10.6. The van der Waals surface area contributed by atoms with Gasteiger partial charge in [-0.15, -0.1) is 0 Å². The maximum absolute atomic E-state index is 6.49. The molecule has 0 saturated carbocycles. The summed E-state index contributed by atoms with van der Waals surface area (Å²) in [6, 6.07) is 48.3. The molecule has 0 saturated heterocycles. The molecule has 0 fully saturated rings. The molecular formula is C38H23N3O. The van der Waals surface area contributed by atoms with Crippen molar-refractivity contribution in [2.24, 2.45) is 0 Å². The lowest BCUT2D eigenvalue weighted by molar-refractivity contribution is 0.673. The molecule has 0 aliphatic heterocycles. The highest BCUT2D eigenvalue weighted by atomic mass is 16.3.